The van der Waals surface area contributed by atoms with Crippen LogP contribution in [0.4, 0.5) is 0 Å². The van der Waals surface area contributed by atoms with Crippen LogP contribution in [-0.2, 0) is 9.68 Å². The van der Waals surface area contributed by atoms with Crippen molar-refractivity contribution in [3.05, 3.63) is 72.2 Å². The van der Waals surface area contributed by atoms with E-state index in [4.69, 9.17) is 9.68 Å². The van der Waals surface area contributed by atoms with Crippen LogP contribution in [0.15, 0.2) is 61.1 Å². The number of rotatable bonds is 2. The SMILES string of the molecule is C1=CONC(c2ccccc2C2=CC=CON2)=C1. The molecule has 2 heterocycles. The van der Waals surface area contributed by atoms with Gasteiger partial charge in [0.05, 0.1) is 11.4 Å². The fraction of sp³-hybridized carbons (Fsp3) is 0. The summed E-state index contributed by atoms with van der Waals surface area (Å²) >= 11 is 0. The molecule has 0 radical (unpaired) electrons. The Hall–Kier alpha value is -2.62. The second-order valence-corrected chi connectivity index (χ2v) is 3.80. The molecule has 0 amide bonds. The summed E-state index contributed by atoms with van der Waals surface area (Å²) in [5.41, 5.74) is 9.65. The van der Waals surface area contributed by atoms with Gasteiger partial charge in [0.25, 0.3) is 0 Å². The molecule has 2 aliphatic heterocycles. The van der Waals surface area contributed by atoms with Crippen molar-refractivity contribution >= 4 is 11.4 Å². The highest BCUT2D eigenvalue weighted by atomic mass is 16.6. The number of hydrogen-bond donors (Lipinski definition) is 2. The van der Waals surface area contributed by atoms with Crippen molar-refractivity contribution in [1.82, 2.24) is 11.0 Å². The molecule has 18 heavy (non-hydrogen) atoms. The lowest BCUT2D eigenvalue weighted by molar-refractivity contribution is 0.180. The minimum Gasteiger partial charge on any atom is -0.390 e. The van der Waals surface area contributed by atoms with Crippen LogP contribution in [-0.4, -0.2) is 0 Å². The molecule has 0 saturated heterocycles. The Morgan fingerprint density at radius 1 is 0.722 bits per heavy atom. The van der Waals surface area contributed by atoms with Crippen molar-refractivity contribution in [2.45, 2.75) is 0 Å². The summed E-state index contributed by atoms with van der Waals surface area (Å²) in [5, 5.41) is 0. The average molecular weight is 240 g/mol. The fourth-order valence-electron chi connectivity index (χ4n) is 1.85. The Kier molecular flexibility index (Phi) is 2.75. The monoisotopic (exact) mass is 240 g/mol. The van der Waals surface area contributed by atoms with E-state index in [-0.39, 0.29) is 0 Å². The van der Waals surface area contributed by atoms with Gasteiger partial charge in [-0.05, 0) is 24.3 Å². The highest BCUT2D eigenvalue weighted by Crippen LogP contribution is 2.24. The van der Waals surface area contributed by atoms with Gasteiger partial charge in [-0.3, -0.25) is 0 Å². The fourth-order valence-corrected chi connectivity index (χ4v) is 1.85. The van der Waals surface area contributed by atoms with Gasteiger partial charge >= 0.3 is 0 Å². The summed E-state index contributed by atoms with van der Waals surface area (Å²) in [6, 6.07) is 8.02. The highest BCUT2D eigenvalue weighted by Gasteiger charge is 2.13. The minimum absolute atomic E-state index is 0.908. The van der Waals surface area contributed by atoms with E-state index in [1.54, 1.807) is 12.5 Å². The van der Waals surface area contributed by atoms with Crippen LogP contribution in [0.3, 0.4) is 0 Å². The zero-order valence-electron chi connectivity index (χ0n) is 9.59. The quantitative estimate of drug-likeness (QED) is 0.833. The molecule has 3 rings (SSSR count). The van der Waals surface area contributed by atoms with Crippen molar-refractivity contribution in [3.8, 4) is 0 Å². The number of benzene rings is 1. The summed E-state index contributed by atoms with van der Waals surface area (Å²) in [6.07, 6.45) is 10.8. The summed E-state index contributed by atoms with van der Waals surface area (Å²) in [7, 11) is 0. The molecule has 90 valence electrons. The number of allylic oxidation sites excluding steroid dienone is 4. The first-order chi connectivity index (χ1) is 8.95. The molecule has 0 aromatic heterocycles. The Morgan fingerprint density at radius 3 is 1.61 bits per heavy atom. The molecule has 0 bridgehead atoms. The maximum Gasteiger partial charge on any atom is 0.119 e. The van der Waals surface area contributed by atoms with Gasteiger partial charge in [0.2, 0.25) is 0 Å². The second kappa shape index (κ2) is 4.71. The Morgan fingerprint density at radius 2 is 1.22 bits per heavy atom. The lowest BCUT2D eigenvalue weighted by Gasteiger charge is -2.19. The first-order valence-corrected chi connectivity index (χ1v) is 5.62. The maximum absolute atomic E-state index is 5.09. The second-order valence-electron chi connectivity index (χ2n) is 3.80. The lowest BCUT2D eigenvalue weighted by Crippen LogP contribution is -2.17. The summed E-state index contributed by atoms with van der Waals surface area (Å²) < 4.78 is 0. The van der Waals surface area contributed by atoms with Gasteiger partial charge in [0.1, 0.15) is 12.5 Å². The third-order valence-corrected chi connectivity index (χ3v) is 2.66. The Bertz CT molecular complexity index is 520. The van der Waals surface area contributed by atoms with E-state index in [0.717, 1.165) is 22.5 Å². The van der Waals surface area contributed by atoms with E-state index >= 15 is 0 Å². The maximum atomic E-state index is 5.09. The van der Waals surface area contributed by atoms with Gasteiger partial charge in [-0.2, -0.15) is 0 Å². The largest absolute Gasteiger partial charge is 0.390 e. The third-order valence-electron chi connectivity index (χ3n) is 2.66. The van der Waals surface area contributed by atoms with Gasteiger partial charge in [-0.15, -0.1) is 0 Å². The smallest absolute Gasteiger partial charge is 0.119 e. The predicted molar refractivity (Wildman–Crippen MR) is 69.1 cm³/mol. The molecule has 0 spiro atoms. The van der Waals surface area contributed by atoms with Crippen molar-refractivity contribution in [1.29, 1.82) is 0 Å². The van der Waals surface area contributed by atoms with Crippen LogP contribution in [0.1, 0.15) is 11.1 Å². The first-order valence-electron chi connectivity index (χ1n) is 5.62. The summed E-state index contributed by atoms with van der Waals surface area (Å²) in [4.78, 5) is 10.2. The van der Waals surface area contributed by atoms with Crippen LogP contribution in [0.25, 0.3) is 11.4 Å². The molecule has 0 fully saturated rings. The molecule has 0 aliphatic carbocycles. The standard InChI is InChI=1S/C14H12N2O2/c1-2-6-12(14-8-4-10-18-16-14)11(5-1)13-7-3-9-17-15-13/h1-10,15-16H. The highest BCUT2D eigenvalue weighted by molar-refractivity contribution is 5.79. The van der Waals surface area contributed by atoms with Crippen LogP contribution in [0, 0.1) is 0 Å². The van der Waals surface area contributed by atoms with Gasteiger partial charge in [0, 0.05) is 11.1 Å². The van der Waals surface area contributed by atoms with E-state index in [2.05, 4.69) is 11.0 Å². The van der Waals surface area contributed by atoms with Crippen LogP contribution >= 0.6 is 0 Å². The molecule has 4 heteroatoms. The molecule has 1 aromatic carbocycles. The molecular weight excluding hydrogens is 228 g/mol. The van der Waals surface area contributed by atoms with Gasteiger partial charge in [-0.1, -0.05) is 24.3 Å². The lowest BCUT2D eigenvalue weighted by atomic mass is 10.0. The van der Waals surface area contributed by atoms with E-state index in [0.29, 0.717) is 0 Å². The van der Waals surface area contributed by atoms with Crippen LogP contribution in [0.2, 0.25) is 0 Å². The zero-order chi connectivity index (χ0) is 12.2. The van der Waals surface area contributed by atoms with Crippen molar-refractivity contribution in [2.24, 2.45) is 0 Å². The van der Waals surface area contributed by atoms with Crippen molar-refractivity contribution in [3.63, 3.8) is 0 Å². The Labute approximate surface area is 105 Å². The Balaban J connectivity index is 2.04. The molecule has 0 saturated carbocycles. The van der Waals surface area contributed by atoms with Crippen LogP contribution in [0.5, 0.6) is 0 Å². The third kappa shape index (κ3) is 1.96. The molecule has 4 nitrogen and oxygen atoms in total. The number of nitrogens with one attached hydrogen (secondary N) is 2. The van der Waals surface area contributed by atoms with E-state index in [1.807, 2.05) is 48.6 Å². The molecule has 0 atom stereocenters. The number of hydrogen-bond acceptors (Lipinski definition) is 4. The average Bonchev–Trinajstić information content (AvgIpc) is 2.49. The molecule has 2 N–H and O–H groups in total. The van der Waals surface area contributed by atoms with Gasteiger partial charge in [0.15, 0.2) is 0 Å². The molecule has 2 aliphatic rings. The van der Waals surface area contributed by atoms with Crippen molar-refractivity contribution in [2.75, 3.05) is 0 Å². The van der Waals surface area contributed by atoms with E-state index in [9.17, 15) is 0 Å². The van der Waals surface area contributed by atoms with Crippen LogP contribution < -0.4 is 11.0 Å². The van der Waals surface area contributed by atoms with Crippen molar-refractivity contribution < 1.29 is 9.68 Å². The first kappa shape index (κ1) is 10.5. The minimum atomic E-state index is 0.908. The normalized spacial score (nSPS) is 16.7. The molecule has 0 unspecified atom stereocenters. The topological polar surface area (TPSA) is 42.5 Å². The van der Waals surface area contributed by atoms with Gasteiger partial charge in [-0.25, -0.2) is 11.0 Å². The van der Waals surface area contributed by atoms with E-state index < -0.39 is 0 Å². The zero-order valence-corrected chi connectivity index (χ0v) is 9.59. The predicted octanol–water partition coefficient (Wildman–Crippen LogP) is 2.47. The number of hydroxylamine groups is 2. The summed E-state index contributed by atoms with van der Waals surface area (Å²) in [5.74, 6) is 0. The molecular formula is C14H12N2O2. The molecule has 1 aromatic rings. The van der Waals surface area contributed by atoms with E-state index in [1.165, 1.54) is 0 Å². The van der Waals surface area contributed by atoms with Gasteiger partial charge < -0.3 is 9.68 Å². The summed E-state index contributed by atoms with van der Waals surface area (Å²) in [6.45, 7) is 0.